The van der Waals surface area contributed by atoms with Crippen LogP contribution in [0.4, 0.5) is 4.39 Å². The predicted octanol–water partition coefficient (Wildman–Crippen LogP) is 2.61. The summed E-state index contributed by atoms with van der Waals surface area (Å²) in [5.74, 6) is -0.338. The average Bonchev–Trinajstić information content (AvgIpc) is 2.47. The van der Waals surface area contributed by atoms with Gasteiger partial charge in [-0.3, -0.25) is 0 Å². The van der Waals surface area contributed by atoms with E-state index in [4.69, 9.17) is 16.3 Å². The third kappa shape index (κ3) is 3.39. The summed E-state index contributed by atoms with van der Waals surface area (Å²) in [5, 5.41) is 0. The van der Waals surface area contributed by atoms with Gasteiger partial charge >= 0.3 is 0 Å². The van der Waals surface area contributed by atoms with Crippen molar-refractivity contribution in [2.75, 3.05) is 20.2 Å². The van der Waals surface area contributed by atoms with Crippen molar-refractivity contribution in [2.45, 2.75) is 30.2 Å². The van der Waals surface area contributed by atoms with E-state index in [-0.39, 0.29) is 29.3 Å². The Labute approximate surface area is 129 Å². The van der Waals surface area contributed by atoms with Crippen LogP contribution >= 0.6 is 11.6 Å². The van der Waals surface area contributed by atoms with Crippen molar-refractivity contribution in [3.05, 3.63) is 29.6 Å². The fraction of sp³-hybridized carbons (Fsp3) is 0.571. The molecule has 0 amide bonds. The summed E-state index contributed by atoms with van der Waals surface area (Å²) in [4.78, 5) is -0.305. The van der Waals surface area contributed by atoms with Crippen LogP contribution in [0.5, 0.6) is 0 Å². The van der Waals surface area contributed by atoms with Crippen LogP contribution in [-0.4, -0.2) is 39.0 Å². The molecular formula is C14H19ClFNO3S. The summed E-state index contributed by atoms with van der Waals surface area (Å²) in [7, 11) is -2.29. The quantitative estimate of drug-likeness (QED) is 0.795. The van der Waals surface area contributed by atoms with Gasteiger partial charge in [-0.2, -0.15) is 4.31 Å². The second-order valence-electron chi connectivity index (χ2n) is 5.30. The SMILES string of the molecule is COC1CN(S(=O)(=O)c2ccc(CCl)cc2F)CCC1C. The monoisotopic (exact) mass is 335 g/mol. The molecule has 0 radical (unpaired) electrons. The van der Waals surface area contributed by atoms with E-state index >= 15 is 0 Å². The Kier molecular flexibility index (Phi) is 5.24. The highest BCUT2D eigenvalue weighted by molar-refractivity contribution is 7.89. The lowest BCUT2D eigenvalue weighted by Gasteiger charge is -2.35. The molecule has 0 N–H and O–H groups in total. The second-order valence-corrected chi connectivity index (χ2v) is 7.48. The van der Waals surface area contributed by atoms with Gasteiger partial charge in [0, 0.05) is 26.1 Å². The van der Waals surface area contributed by atoms with Gasteiger partial charge in [-0.15, -0.1) is 11.6 Å². The molecule has 0 bridgehead atoms. The van der Waals surface area contributed by atoms with Gasteiger partial charge in [0.15, 0.2) is 0 Å². The lowest BCUT2D eigenvalue weighted by Crippen LogP contribution is -2.46. The first-order valence-corrected chi connectivity index (χ1v) is 8.75. The van der Waals surface area contributed by atoms with Crippen LogP contribution in [0.1, 0.15) is 18.9 Å². The van der Waals surface area contributed by atoms with E-state index in [1.807, 2.05) is 6.92 Å². The molecule has 2 unspecified atom stereocenters. The van der Waals surface area contributed by atoms with Crippen LogP contribution in [0.3, 0.4) is 0 Å². The van der Waals surface area contributed by atoms with Gasteiger partial charge in [0.2, 0.25) is 10.0 Å². The van der Waals surface area contributed by atoms with Crippen molar-refractivity contribution in [1.29, 1.82) is 0 Å². The molecule has 1 aromatic rings. The number of nitrogens with zero attached hydrogens (tertiary/aromatic N) is 1. The molecule has 2 rings (SSSR count). The summed E-state index contributed by atoms with van der Waals surface area (Å²) < 4.78 is 45.8. The van der Waals surface area contributed by atoms with Gasteiger partial charge in [-0.05, 0) is 30.0 Å². The average molecular weight is 336 g/mol. The van der Waals surface area contributed by atoms with Gasteiger partial charge in [0.25, 0.3) is 0 Å². The van der Waals surface area contributed by atoms with E-state index in [2.05, 4.69) is 0 Å². The Bertz CT molecular complexity index is 608. The standard InChI is InChI=1S/C14H19ClFNO3S/c1-10-5-6-17(9-13(10)20-2)21(18,19)14-4-3-11(8-15)7-12(14)16/h3-4,7,10,13H,5-6,8-9H2,1-2H3. The fourth-order valence-corrected chi connectivity index (χ4v) is 4.19. The van der Waals surface area contributed by atoms with E-state index in [0.717, 1.165) is 0 Å². The van der Waals surface area contributed by atoms with E-state index in [0.29, 0.717) is 18.5 Å². The minimum atomic E-state index is -3.85. The Morgan fingerprint density at radius 3 is 2.76 bits per heavy atom. The Hall–Kier alpha value is -0.690. The molecule has 4 nitrogen and oxygen atoms in total. The molecule has 0 saturated carbocycles. The number of piperidine rings is 1. The van der Waals surface area contributed by atoms with Crippen LogP contribution in [0.2, 0.25) is 0 Å². The maximum Gasteiger partial charge on any atom is 0.246 e. The number of methoxy groups -OCH3 is 1. The summed E-state index contributed by atoms with van der Waals surface area (Å²) in [6, 6.07) is 3.98. The van der Waals surface area contributed by atoms with Crippen LogP contribution in [0.15, 0.2) is 23.1 Å². The van der Waals surface area contributed by atoms with Gasteiger partial charge in [0.1, 0.15) is 10.7 Å². The summed E-state index contributed by atoms with van der Waals surface area (Å²) >= 11 is 5.63. The minimum Gasteiger partial charge on any atom is -0.380 e. The molecule has 0 aromatic heterocycles. The topological polar surface area (TPSA) is 46.6 Å². The molecule has 1 fully saturated rings. The molecule has 0 spiro atoms. The van der Waals surface area contributed by atoms with Gasteiger partial charge in [-0.25, -0.2) is 12.8 Å². The van der Waals surface area contributed by atoms with Crippen LogP contribution in [0.25, 0.3) is 0 Å². The first-order chi connectivity index (χ1) is 9.90. The third-order valence-electron chi connectivity index (χ3n) is 3.92. The van der Waals surface area contributed by atoms with E-state index < -0.39 is 15.8 Å². The Morgan fingerprint density at radius 1 is 1.48 bits per heavy atom. The van der Waals surface area contributed by atoms with Gasteiger partial charge < -0.3 is 4.74 Å². The molecule has 0 aliphatic carbocycles. The lowest BCUT2D eigenvalue weighted by atomic mass is 9.97. The number of hydrogen-bond donors (Lipinski definition) is 0. The largest absolute Gasteiger partial charge is 0.380 e. The summed E-state index contributed by atoms with van der Waals surface area (Å²) in [6.45, 7) is 2.64. The smallest absolute Gasteiger partial charge is 0.246 e. The molecule has 1 aliphatic heterocycles. The normalized spacial score (nSPS) is 24.2. The molecule has 1 heterocycles. The summed E-state index contributed by atoms with van der Waals surface area (Å²) in [5.41, 5.74) is 0.551. The number of ether oxygens (including phenoxy) is 1. The van der Waals surface area contributed by atoms with Crippen LogP contribution in [-0.2, 0) is 20.6 Å². The maximum absolute atomic E-state index is 14.0. The van der Waals surface area contributed by atoms with Gasteiger partial charge in [0.05, 0.1) is 6.10 Å². The van der Waals surface area contributed by atoms with Crippen molar-refractivity contribution in [3.63, 3.8) is 0 Å². The van der Waals surface area contributed by atoms with Crippen molar-refractivity contribution in [3.8, 4) is 0 Å². The van der Waals surface area contributed by atoms with E-state index in [1.54, 1.807) is 7.11 Å². The number of alkyl halides is 1. The lowest BCUT2D eigenvalue weighted by molar-refractivity contribution is 0.0183. The predicted molar refractivity (Wildman–Crippen MR) is 79.3 cm³/mol. The Morgan fingerprint density at radius 2 is 2.19 bits per heavy atom. The minimum absolute atomic E-state index is 0.143. The molecular weight excluding hydrogens is 317 g/mol. The number of hydrogen-bond acceptors (Lipinski definition) is 3. The van der Waals surface area contributed by atoms with E-state index in [1.165, 1.54) is 22.5 Å². The van der Waals surface area contributed by atoms with Crippen molar-refractivity contribution in [2.24, 2.45) is 5.92 Å². The molecule has 7 heteroatoms. The second kappa shape index (κ2) is 6.60. The zero-order valence-electron chi connectivity index (χ0n) is 12.1. The molecule has 118 valence electrons. The van der Waals surface area contributed by atoms with Crippen molar-refractivity contribution >= 4 is 21.6 Å². The number of sulfonamides is 1. The van der Waals surface area contributed by atoms with Crippen LogP contribution < -0.4 is 0 Å². The maximum atomic E-state index is 14.0. The first kappa shape index (κ1) is 16.7. The third-order valence-corrected chi connectivity index (χ3v) is 6.13. The first-order valence-electron chi connectivity index (χ1n) is 6.77. The molecule has 21 heavy (non-hydrogen) atoms. The highest BCUT2D eigenvalue weighted by atomic mass is 35.5. The Balaban J connectivity index is 2.30. The highest BCUT2D eigenvalue weighted by Gasteiger charge is 2.35. The number of halogens is 2. The molecule has 1 aromatic carbocycles. The zero-order chi connectivity index (χ0) is 15.6. The van der Waals surface area contributed by atoms with Crippen molar-refractivity contribution in [1.82, 2.24) is 4.31 Å². The van der Waals surface area contributed by atoms with Crippen molar-refractivity contribution < 1.29 is 17.5 Å². The fourth-order valence-electron chi connectivity index (χ4n) is 2.51. The van der Waals surface area contributed by atoms with Gasteiger partial charge in [-0.1, -0.05) is 13.0 Å². The van der Waals surface area contributed by atoms with Crippen LogP contribution in [0, 0.1) is 11.7 Å². The highest BCUT2D eigenvalue weighted by Crippen LogP contribution is 2.27. The molecule has 1 saturated heterocycles. The van der Waals surface area contributed by atoms with E-state index in [9.17, 15) is 12.8 Å². The summed E-state index contributed by atoms with van der Waals surface area (Å²) in [6.07, 6.45) is 0.526. The number of rotatable bonds is 4. The number of benzene rings is 1. The molecule has 1 aliphatic rings. The molecule has 2 atom stereocenters. The zero-order valence-corrected chi connectivity index (χ0v) is 13.6.